The number of hydrogen-bond acceptors (Lipinski definition) is 2. The minimum Gasteiger partial charge on any atom is -0.350 e. The number of amides is 2. The summed E-state index contributed by atoms with van der Waals surface area (Å²) in [7, 11) is 0. The van der Waals surface area contributed by atoms with Crippen LogP contribution in [0.1, 0.15) is 18.1 Å². The van der Waals surface area contributed by atoms with Crippen molar-refractivity contribution >= 4 is 29.1 Å². The van der Waals surface area contributed by atoms with Gasteiger partial charge in [-0.15, -0.1) is 0 Å². The molecule has 5 heteroatoms. The van der Waals surface area contributed by atoms with E-state index in [0.29, 0.717) is 17.3 Å². The lowest BCUT2D eigenvalue weighted by molar-refractivity contribution is -0.123. The van der Waals surface area contributed by atoms with E-state index in [0.717, 1.165) is 11.1 Å². The molecule has 0 saturated carbocycles. The number of rotatable bonds is 5. The Balaban J connectivity index is 2.06. The SMILES string of the molecule is CC(=O)N(CC(=O)NCc1ccccc1)c1cccc(Cl)c1C. The van der Waals surface area contributed by atoms with Crippen molar-refractivity contribution in [1.29, 1.82) is 0 Å². The van der Waals surface area contributed by atoms with Crippen LogP contribution >= 0.6 is 11.6 Å². The van der Waals surface area contributed by atoms with Gasteiger partial charge in [0.2, 0.25) is 11.8 Å². The van der Waals surface area contributed by atoms with E-state index in [1.165, 1.54) is 11.8 Å². The van der Waals surface area contributed by atoms with E-state index < -0.39 is 0 Å². The minimum atomic E-state index is -0.219. The lowest BCUT2D eigenvalue weighted by atomic mass is 10.1. The molecule has 0 spiro atoms. The van der Waals surface area contributed by atoms with Crippen LogP contribution in [-0.2, 0) is 16.1 Å². The molecule has 2 aromatic carbocycles. The first-order valence-corrected chi connectivity index (χ1v) is 7.70. The highest BCUT2D eigenvalue weighted by Crippen LogP contribution is 2.26. The van der Waals surface area contributed by atoms with Gasteiger partial charge in [-0.1, -0.05) is 48.0 Å². The Morgan fingerprint density at radius 1 is 1.09 bits per heavy atom. The average molecular weight is 331 g/mol. The first-order valence-electron chi connectivity index (χ1n) is 7.33. The summed E-state index contributed by atoms with van der Waals surface area (Å²) in [6, 6.07) is 14.9. The maximum atomic E-state index is 12.2. The topological polar surface area (TPSA) is 49.4 Å². The van der Waals surface area contributed by atoms with Crippen LogP contribution in [0.3, 0.4) is 0 Å². The zero-order valence-corrected chi connectivity index (χ0v) is 13.9. The second-order valence-electron chi connectivity index (χ2n) is 5.25. The van der Waals surface area contributed by atoms with E-state index in [-0.39, 0.29) is 18.4 Å². The predicted molar refractivity (Wildman–Crippen MR) is 92.5 cm³/mol. The third-order valence-electron chi connectivity index (χ3n) is 3.54. The maximum Gasteiger partial charge on any atom is 0.240 e. The van der Waals surface area contributed by atoms with Crippen molar-refractivity contribution in [3.05, 3.63) is 64.7 Å². The predicted octanol–water partition coefficient (Wildman–Crippen LogP) is 3.32. The van der Waals surface area contributed by atoms with Gasteiger partial charge in [0.05, 0.1) is 0 Å². The van der Waals surface area contributed by atoms with Crippen LogP contribution in [0.15, 0.2) is 48.5 Å². The molecule has 23 heavy (non-hydrogen) atoms. The van der Waals surface area contributed by atoms with Crippen LogP contribution in [0, 0.1) is 6.92 Å². The van der Waals surface area contributed by atoms with Gasteiger partial charge in [-0.25, -0.2) is 0 Å². The smallest absolute Gasteiger partial charge is 0.240 e. The van der Waals surface area contributed by atoms with Crippen molar-refractivity contribution in [2.24, 2.45) is 0 Å². The Morgan fingerprint density at radius 3 is 2.43 bits per heavy atom. The molecule has 0 radical (unpaired) electrons. The van der Waals surface area contributed by atoms with E-state index in [2.05, 4.69) is 5.32 Å². The van der Waals surface area contributed by atoms with Crippen molar-refractivity contribution in [2.45, 2.75) is 20.4 Å². The van der Waals surface area contributed by atoms with E-state index in [1.807, 2.05) is 37.3 Å². The summed E-state index contributed by atoms with van der Waals surface area (Å²) in [4.78, 5) is 25.5. The Bertz CT molecular complexity index is 701. The molecule has 0 saturated heterocycles. The first-order chi connectivity index (χ1) is 11.0. The van der Waals surface area contributed by atoms with Crippen LogP contribution in [0.5, 0.6) is 0 Å². The second kappa shape index (κ2) is 7.79. The fraction of sp³-hybridized carbons (Fsp3) is 0.222. The third kappa shape index (κ3) is 4.57. The van der Waals surface area contributed by atoms with Crippen LogP contribution in [0.2, 0.25) is 5.02 Å². The molecule has 2 rings (SSSR count). The second-order valence-corrected chi connectivity index (χ2v) is 5.66. The van der Waals surface area contributed by atoms with Crippen LogP contribution < -0.4 is 10.2 Å². The molecule has 2 amide bonds. The standard InChI is InChI=1S/C18H19ClN2O2/c1-13-16(19)9-6-10-17(13)21(14(2)22)12-18(23)20-11-15-7-4-3-5-8-15/h3-10H,11-12H2,1-2H3,(H,20,23). The number of carbonyl (C=O) groups is 2. The molecule has 4 nitrogen and oxygen atoms in total. The maximum absolute atomic E-state index is 12.2. The van der Waals surface area contributed by atoms with Crippen molar-refractivity contribution in [2.75, 3.05) is 11.4 Å². The highest BCUT2D eigenvalue weighted by Gasteiger charge is 2.18. The monoisotopic (exact) mass is 330 g/mol. The number of benzene rings is 2. The summed E-state index contributed by atoms with van der Waals surface area (Å²) < 4.78 is 0. The third-order valence-corrected chi connectivity index (χ3v) is 3.95. The largest absolute Gasteiger partial charge is 0.350 e. The van der Waals surface area contributed by atoms with Gasteiger partial charge < -0.3 is 10.2 Å². The van der Waals surface area contributed by atoms with Crippen molar-refractivity contribution in [3.63, 3.8) is 0 Å². The number of halogens is 1. The molecule has 0 aliphatic rings. The summed E-state index contributed by atoms with van der Waals surface area (Å²) in [6.45, 7) is 3.66. The molecule has 120 valence electrons. The van der Waals surface area contributed by atoms with E-state index in [4.69, 9.17) is 11.6 Å². The van der Waals surface area contributed by atoms with E-state index >= 15 is 0 Å². The minimum absolute atomic E-state index is 0.0383. The zero-order chi connectivity index (χ0) is 16.8. The van der Waals surface area contributed by atoms with Gasteiger partial charge in [-0.05, 0) is 30.2 Å². The van der Waals surface area contributed by atoms with Gasteiger partial charge in [0.15, 0.2) is 0 Å². The summed E-state index contributed by atoms with van der Waals surface area (Å²) in [6.07, 6.45) is 0. The average Bonchev–Trinajstić information content (AvgIpc) is 2.54. The summed E-state index contributed by atoms with van der Waals surface area (Å²) in [5.74, 6) is -0.423. The highest BCUT2D eigenvalue weighted by atomic mass is 35.5. The van der Waals surface area contributed by atoms with Gasteiger partial charge in [0, 0.05) is 24.2 Å². The Kier molecular flexibility index (Phi) is 5.77. The van der Waals surface area contributed by atoms with Gasteiger partial charge in [0.1, 0.15) is 6.54 Å². The normalized spacial score (nSPS) is 10.2. The molecule has 1 N–H and O–H groups in total. The Labute approximate surface area is 141 Å². The molecule has 2 aromatic rings. The fourth-order valence-corrected chi connectivity index (χ4v) is 2.42. The highest BCUT2D eigenvalue weighted by molar-refractivity contribution is 6.31. The fourth-order valence-electron chi connectivity index (χ4n) is 2.25. The van der Waals surface area contributed by atoms with Crippen molar-refractivity contribution in [1.82, 2.24) is 5.32 Å². The van der Waals surface area contributed by atoms with Crippen molar-refractivity contribution < 1.29 is 9.59 Å². The molecule has 0 aliphatic carbocycles. The van der Waals surface area contributed by atoms with Crippen molar-refractivity contribution in [3.8, 4) is 0 Å². The Morgan fingerprint density at radius 2 is 1.78 bits per heavy atom. The lowest BCUT2D eigenvalue weighted by Gasteiger charge is -2.23. The summed E-state index contributed by atoms with van der Waals surface area (Å²) in [5.41, 5.74) is 2.44. The van der Waals surface area contributed by atoms with Gasteiger partial charge in [-0.3, -0.25) is 9.59 Å². The summed E-state index contributed by atoms with van der Waals surface area (Å²) in [5, 5.41) is 3.39. The number of hydrogen-bond donors (Lipinski definition) is 1. The van der Waals surface area contributed by atoms with Gasteiger partial charge >= 0.3 is 0 Å². The first kappa shape index (κ1) is 17.0. The number of nitrogens with one attached hydrogen (secondary N) is 1. The van der Waals surface area contributed by atoms with Crippen LogP contribution in [-0.4, -0.2) is 18.4 Å². The number of anilines is 1. The van der Waals surface area contributed by atoms with E-state index in [9.17, 15) is 9.59 Å². The van der Waals surface area contributed by atoms with Crippen LogP contribution in [0.25, 0.3) is 0 Å². The number of nitrogens with zero attached hydrogens (tertiary/aromatic N) is 1. The Hall–Kier alpha value is -2.33. The quantitative estimate of drug-likeness (QED) is 0.914. The molecule has 0 fully saturated rings. The van der Waals surface area contributed by atoms with E-state index in [1.54, 1.807) is 18.2 Å². The molecule has 0 heterocycles. The number of carbonyl (C=O) groups excluding carboxylic acids is 2. The molecular formula is C18H19ClN2O2. The molecule has 0 bridgehead atoms. The summed E-state index contributed by atoms with van der Waals surface area (Å²) >= 11 is 6.10. The molecule has 0 aromatic heterocycles. The zero-order valence-electron chi connectivity index (χ0n) is 13.2. The molecule has 0 unspecified atom stereocenters. The lowest BCUT2D eigenvalue weighted by Crippen LogP contribution is -2.40. The van der Waals surface area contributed by atoms with Gasteiger partial charge in [-0.2, -0.15) is 0 Å². The van der Waals surface area contributed by atoms with Crippen LogP contribution in [0.4, 0.5) is 5.69 Å². The molecular weight excluding hydrogens is 312 g/mol. The van der Waals surface area contributed by atoms with Gasteiger partial charge in [0.25, 0.3) is 0 Å². The molecule has 0 aliphatic heterocycles. The molecule has 0 atom stereocenters.